The van der Waals surface area contributed by atoms with Crippen LogP contribution in [0.5, 0.6) is 0 Å². The summed E-state index contributed by atoms with van der Waals surface area (Å²) < 4.78 is 29.6. The Morgan fingerprint density at radius 2 is 2.08 bits per heavy atom. The van der Waals surface area contributed by atoms with Gasteiger partial charge in [-0.3, -0.25) is 4.18 Å². The molecule has 5 nitrogen and oxygen atoms in total. The molecule has 0 radical (unpaired) electrons. The molecule has 0 aromatic heterocycles. The average Bonchev–Trinajstić information content (AvgIpc) is 2.01. The normalized spacial score (nSPS) is 11.8. The summed E-state index contributed by atoms with van der Waals surface area (Å²) in [6.45, 7) is 0.0341. The number of carbonyl (C=O) groups is 1. The van der Waals surface area contributed by atoms with Crippen molar-refractivity contribution in [2.45, 2.75) is 6.42 Å². The molecule has 0 saturated heterocycles. The van der Waals surface area contributed by atoms with Crippen LogP contribution in [0.15, 0.2) is 12.2 Å². The molecule has 6 heteroatoms. The lowest BCUT2D eigenvalue weighted by molar-refractivity contribution is -0.134. The Hall–Kier alpha value is -0.880. The zero-order chi connectivity index (χ0) is 10.3. The quantitative estimate of drug-likeness (QED) is 0.277. The fourth-order valence-corrected chi connectivity index (χ4v) is 0.914. The number of hydrogen-bond donors (Lipinski definition) is 0. The van der Waals surface area contributed by atoms with Gasteiger partial charge in [-0.15, -0.1) is 0 Å². The highest BCUT2D eigenvalue weighted by molar-refractivity contribution is 7.85. The first-order chi connectivity index (χ1) is 5.95. The molecule has 0 heterocycles. The molecule has 0 aliphatic carbocycles. The third-order valence-electron chi connectivity index (χ3n) is 1.04. The van der Waals surface area contributed by atoms with Crippen molar-refractivity contribution in [2.75, 3.05) is 20.0 Å². The standard InChI is InChI=1S/C7H12O5S/c1-11-7(8)5-3-4-6-12-13(2,9)10/h3,5H,4,6H2,1-2H3/b5-3-. The SMILES string of the molecule is COC(=O)/C=C\CCOS(C)(=O)=O. The second kappa shape index (κ2) is 5.71. The van der Waals surface area contributed by atoms with Crippen LogP contribution in [0.1, 0.15) is 6.42 Å². The first kappa shape index (κ1) is 12.1. The van der Waals surface area contributed by atoms with Crippen LogP contribution in [0.4, 0.5) is 0 Å². The van der Waals surface area contributed by atoms with Crippen LogP contribution in [0.3, 0.4) is 0 Å². The summed E-state index contributed by atoms with van der Waals surface area (Å²) in [7, 11) is -2.12. The lowest BCUT2D eigenvalue weighted by Gasteiger charge is -1.96. The van der Waals surface area contributed by atoms with E-state index in [1.54, 1.807) is 0 Å². The van der Waals surface area contributed by atoms with Gasteiger partial charge in [-0.2, -0.15) is 8.42 Å². The molecular formula is C7H12O5S. The molecule has 0 aliphatic heterocycles. The van der Waals surface area contributed by atoms with Crippen LogP contribution in [-0.4, -0.2) is 34.4 Å². The number of carbonyl (C=O) groups excluding carboxylic acids is 1. The number of esters is 1. The fourth-order valence-electron chi connectivity index (χ4n) is 0.515. The molecule has 0 atom stereocenters. The summed E-state index contributed by atoms with van der Waals surface area (Å²) in [4.78, 5) is 10.5. The van der Waals surface area contributed by atoms with E-state index in [0.29, 0.717) is 6.42 Å². The van der Waals surface area contributed by atoms with E-state index in [0.717, 1.165) is 6.26 Å². The first-order valence-electron chi connectivity index (χ1n) is 3.54. The third-order valence-corrected chi connectivity index (χ3v) is 1.63. The average molecular weight is 208 g/mol. The predicted molar refractivity (Wildman–Crippen MR) is 46.6 cm³/mol. The van der Waals surface area contributed by atoms with Gasteiger partial charge in [0.05, 0.1) is 20.0 Å². The molecule has 0 N–H and O–H groups in total. The maximum Gasteiger partial charge on any atom is 0.330 e. The Morgan fingerprint density at radius 1 is 1.46 bits per heavy atom. The zero-order valence-electron chi connectivity index (χ0n) is 7.52. The molecule has 0 bridgehead atoms. The minimum Gasteiger partial charge on any atom is -0.466 e. The third kappa shape index (κ3) is 9.03. The van der Waals surface area contributed by atoms with Gasteiger partial charge in [-0.1, -0.05) is 6.08 Å². The van der Waals surface area contributed by atoms with E-state index >= 15 is 0 Å². The molecule has 0 aromatic carbocycles. The lowest BCUT2D eigenvalue weighted by atomic mass is 10.4. The van der Waals surface area contributed by atoms with Gasteiger partial charge in [0.1, 0.15) is 0 Å². The van der Waals surface area contributed by atoms with E-state index < -0.39 is 16.1 Å². The van der Waals surface area contributed by atoms with Crippen molar-refractivity contribution in [3.63, 3.8) is 0 Å². The molecule has 13 heavy (non-hydrogen) atoms. The van der Waals surface area contributed by atoms with Crippen molar-refractivity contribution < 1.29 is 22.1 Å². The summed E-state index contributed by atoms with van der Waals surface area (Å²) in [5.74, 6) is -0.473. The van der Waals surface area contributed by atoms with Crippen molar-refractivity contribution in [1.29, 1.82) is 0 Å². The van der Waals surface area contributed by atoms with Gasteiger partial charge < -0.3 is 4.74 Å². The van der Waals surface area contributed by atoms with Gasteiger partial charge in [-0.05, 0) is 6.42 Å². The minimum atomic E-state index is -3.38. The molecule has 0 aromatic rings. The fraction of sp³-hybridized carbons (Fsp3) is 0.571. The van der Waals surface area contributed by atoms with Crippen LogP contribution in [0, 0.1) is 0 Å². The molecule has 0 rings (SSSR count). The van der Waals surface area contributed by atoms with E-state index in [-0.39, 0.29) is 6.61 Å². The van der Waals surface area contributed by atoms with Crippen molar-refractivity contribution in [2.24, 2.45) is 0 Å². The molecule has 0 spiro atoms. The van der Waals surface area contributed by atoms with Gasteiger partial charge in [-0.25, -0.2) is 4.79 Å². The lowest BCUT2D eigenvalue weighted by Crippen LogP contribution is -2.03. The summed E-state index contributed by atoms with van der Waals surface area (Å²) in [5.41, 5.74) is 0. The first-order valence-corrected chi connectivity index (χ1v) is 5.36. The number of hydrogen-bond acceptors (Lipinski definition) is 5. The largest absolute Gasteiger partial charge is 0.466 e. The summed E-state index contributed by atoms with van der Waals surface area (Å²) in [6.07, 6.45) is 4.02. The second-order valence-corrected chi connectivity index (χ2v) is 3.88. The Balaban J connectivity index is 3.58. The highest BCUT2D eigenvalue weighted by Gasteiger charge is 1.98. The van der Waals surface area contributed by atoms with Crippen molar-refractivity contribution in [1.82, 2.24) is 0 Å². The molecule has 0 unspecified atom stereocenters. The van der Waals surface area contributed by atoms with E-state index in [1.165, 1.54) is 19.3 Å². The van der Waals surface area contributed by atoms with Crippen molar-refractivity contribution >= 4 is 16.1 Å². The second-order valence-electron chi connectivity index (χ2n) is 2.24. The van der Waals surface area contributed by atoms with E-state index in [4.69, 9.17) is 0 Å². The van der Waals surface area contributed by atoms with E-state index in [1.807, 2.05) is 0 Å². The number of ether oxygens (including phenoxy) is 1. The Morgan fingerprint density at radius 3 is 2.54 bits per heavy atom. The number of rotatable bonds is 5. The van der Waals surface area contributed by atoms with Gasteiger partial charge in [0, 0.05) is 6.08 Å². The van der Waals surface area contributed by atoms with Gasteiger partial charge in [0.25, 0.3) is 10.1 Å². The van der Waals surface area contributed by atoms with Crippen LogP contribution < -0.4 is 0 Å². The van der Waals surface area contributed by atoms with E-state index in [2.05, 4.69) is 8.92 Å². The molecule has 76 valence electrons. The molecular weight excluding hydrogens is 196 g/mol. The highest BCUT2D eigenvalue weighted by Crippen LogP contribution is 1.91. The van der Waals surface area contributed by atoms with Crippen LogP contribution in [0.25, 0.3) is 0 Å². The van der Waals surface area contributed by atoms with Gasteiger partial charge >= 0.3 is 5.97 Å². The van der Waals surface area contributed by atoms with Crippen LogP contribution in [0.2, 0.25) is 0 Å². The Kier molecular flexibility index (Phi) is 5.33. The summed E-state index contributed by atoms with van der Waals surface area (Å²) >= 11 is 0. The molecule has 0 aliphatic rings. The Labute approximate surface area is 77.5 Å². The van der Waals surface area contributed by atoms with Gasteiger partial charge in [0.15, 0.2) is 0 Å². The van der Waals surface area contributed by atoms with Crippen molar-refractivity contribution in [3.8, 4) is 0 Å². The number of methoxy groups -OCH3 is 1. The summed E-state index contributed by atoms with van der Waals surface area (Å²) in [6, 6.07) is 0. The molecule has 0 amide bonds. The van der Waals surface area contributed by atoms with Crippen molar-refractivity contribution in [3.05, 3.63) is 12.2 Å². The maximum atomic E-state index is 10.5. The molecule has 0 fully saturated rings. The van der Waals surface area contributed by atoms with E-state index in [9.17, 15) is 13.2 Å². The van der Waals surface area contributed by atoms with Crippen LogP contribution >= 0.6 is 0 Å². The molecule has 0 saturated carbocycles. The highest BCUT2D eigenvalue weighted by atomic mass is 32.2. The Bertz CT molecular complexity index is 277. The minimum absolute atomic E-state index is 0.0341. The van der Waals surface area contributed by atoms with Gasteiger partial charge in [0.2, 0.25) is 0 Å². The maximum absolute atomic E-state index is 10.5. The summed E-state index contributed by atoms with van der Waals surface area (Å²) in [5, 5.41) is 0. The topological polar surface area (TPSA) is 69.7 Å². The zero-order valence-corrected chi connectivity index (χ0v) is 8.33. The smallest absolute Gasteiger partial charge is 0.330 e. The predicted octanol–water partition coefficient (Wildman–Crippen LogP) is 0.0819. The van der Waals surface area contributed by atoms with Crippen LogP contribution in [-0.2, 0) is 23.8 Å². The monoisotopic (exact) mass is 208 g/mol.